The molecule has 0 heterocycles. The van der Waals surface area contributed by atoms with Crippen LogP contribution in [-0.2, 0) is 0 Å². The molecule has 0 bridgehead atoms. The SMILES string of the molecule is CCC1CCC(Oc2ccc(C)cc2C=O)CC1. The normalized spacial score (nSPS) is 23.7. The van der Waals surface area contributed by atoms with E-state index in [1.807, 2.05) is 25.1 Å². The van der Waals surface area contributed by atoms with Gasteiger partial charge in [0.2, 0.25) is 0 Å². The monoisotopic (exact) mass is 246 g/mol. The lowest BCUT2D eigenvalue weighted by Crippen LogP contribution is -2.24. The third-order valence-corrected chi connectivity index (χ3v) is 3.96. The van der Waals surface area contributed by atoms with Crippen LogP contribution in [0.4, 0.5) is 0 Å². The van der Waals surface area contributed by atoms with E-state index in [4.69, 9.17) is 4.74 Å². The molecule has 0 atom stereocenters. The van der Waals surface area contributed by atoms with Crippen molar-refractivity contribution in [3.05, 3.63) is 29.3 Å². The Morgan fingerprint density at radius 3 is 2.61 bits per heavy atom. The highest BCUT2D eigenvalue weighted by Crippen LogP contribution is 2.30. The van der Waals surface area contributed by atoms with Crippen molar-refractivity contribution >= 4 is 6.29 Å². The maximum absolute atomic E-state index is 11.0. The van der Waals surface area contributed by atoms with Crippen LogP contribution in [0.2, 0.25) is 0 Å². The average molecular weight is 246 g/mol. The summed E-state index contributed by atoms with van der Waals surface area (Å²) in [6.07, 6.45) is 7.19. The van der Waals surface area contributed by atoms with Gasteiger partial charge >= 0.3 is 0 Å². The smallest absolute Gasteiger partial charge is 0.153 e. The Morgan fingerprint density at radius 1 is 1.28 bits per heavy atom. The van der Waals surface area contributed by atoms with Crippen LogP contribution in [0.15, 0.2) is 18.2 Å². The Morgan fingerprint density at radius 2 is 2.00 bits per heavy atom. The summed E-state index contributed by atoms with van der Waals surface area (Å²) >= 11 is 0. The van der Waals surface area contributed by atoms with Crippen LogP contribution in [0.5, 0.6) is 5.75 Å². The highest BCUT2D eigenvalue weighted by atomic mass is 16.5. The van der Waals surface area contributed by atoms with Crippen LogP contribution in [0.25, 0.3) is 0 Å². The molecule has 0 unspecified atom stereocenters. The molecule has 98 valence electrons. The summed E-state index contributed by atoms with van der Waals surface area (Å²) in [6.45, 7) is 4.25. The molecule has 2 heteroatoms. The maximum Gasteiger partial charge on any atom is 0.153 e. The number of hydrogen-bond donors (Lipinski definition) is 0. The molecule has 0 N–H and O–H groups in total. The molecule has 0 aromatic heterocycles. The van der Waals surface area contributed by atoms with Gasteiger partial charge in [0, 0.05) is 0 Å². The second-order valence-electron chi connectivity index (χ2n) is 5.33. The molecule has 1 fully saturated rings. The van der Waals surface area contributed by atoms with Gasteiger partial charge < -0.3 is 4.74 Å². The molecule has 0 radical (unpaired) electrons. The van der Waals surface area contributed by atoms with Crippen molar-refractivity contribution in [1.82, 2.24) is 0 Å². The molecule has 0 aliphatic heterocycles. The molecule has 1 aliphatic carbocycles. The first-order valence-electron chi connectivity index (χ1n) is 6.95. The summed E-state index contributed by atoms with van der Waals surface area (Å²) < 4.78 is 5.99. The van der Waals surface area contributed by atoms with Gasteiger partial charge in [-0.05, 0) is 50.7 Å². The third kappa shape index (κ3) is 3.12. The number of carbonyl (C=O) groups excluding carboxylic acids is 1. The van der Waals surface area contributed by atoms with Gasteiger partial charge in [-0.25, -0.2) is 0 Å². The van der Waals surface area contributed by atoms with Gasteiger partial charge in [0.25, 0.3) is 0 Å². The summed E-state index contributed by atoms with van der Waals surface area (Å²) in [5.41, 5.74) is 1.77. The maximum atomic E-state index is 11.0. The van der Waals surface area contributed by atoms with Gasteiger partial charge in [0.05, 0.1) is 11.7 Å². The fourth-order valence-electron chi connectivity index (χ4n) is 2.70. The Labute approximate surface area is 109 Å². The Bertz CT molecular complexity index is 404. The van der Waals surface area contributed by atoms with E-state index in [9.17, 15) is 4.79 Å². The summed E-state index contributed by atoms with van der Waals surface area (Å²) in [5, 5.41) is 0. The quantitative estimate of drug-likeness (QED) is 0.746. The van der Waals surface area contributed by atoms with Crippen molar-refractivity contribution in [1.29, 1.82) is 0 Å². The average Bonchev–Trinajstić information content (AvgIpc) is 2.41. The number of ether oxygens (including phenoxy) is 1. The number of rotatable bonds is 4. The molecular formula is C16H22O2. The van der Waals surface area contributed by atoms with Crippen molar-refractivity contribution in [3.8, 4) is 5.75 Å². The van der Waals surface area contributed by atoms with E-state index >= 15 is 0 Å². The number of hydrogen-bond acceptors (Lipinski definition) is 2. The zero-order chi connectivity index (χ0) is 13.0. The highest BCUT2D eigenvalue weighted by Gasteiger charge is 2.21. The molecule has 2 nitrogen and oxygen atoms in total. The molecule has 1 aromatic rings. The standard InChI is InChI=1S/C16H22O2/c1-3-13-5-7-15(8-6-13)18-16-9-4-12(2)10-14(16)11-17/h4,9-11,13,15H,3,5-8H2,1-2H3. The Hall–Kier alpha value is -1.31. The van der Waals surface area contributed by atoms with E-state index < -0.39 is 0 Å². The zero-order valence-electron chi connectivity index (χ0n) is 11.3. The van der Waals surface area contributed by atoms with Gasteiger partial charge in [-0.15, -0.1) is 0 Å². The van der Waals surface area contributed by atoms with E-state index in [1.54, 1.807) is 0 Å². The van der Waals surface area contributed by atoms with Crippen LogP contribution < -0.4 is 4.74 Å². The molecule has 0 spiro atoms. The molecular weight excluding hydrogens is 224 g/mol. The lowest BCUT2D eigenvalue weighted by Gasteiger charge is -2.28. The minimum atomic E-state index is 0.286. The first-order chi connectivity index (χ1) is 8.72. The van der Waals surface area contributed by atoms with Gasteiger partial charge in [-0.3, -0.25) is 4.79 Å². The fraction of sp³-hybridized carbons (Fsp3) is 0.562. The largest absolute Gasteiger partial charge is 0.490 e. The Balaban J connectivity index is 2.00. The second-order valence-corrected chi connectivity index (χ2v) is 5.33. The number of benzene rings is 1. The molecule has 0 saturated heterocycles. The minimum Gasteiger partial charge on any atom is -0.490 e. The molecule has 1 saturated carbocycles. The molecule has 18 heavy (non-hydrogen) atoms. The van der Waals surface area contributed by atoms with Crippen molar-refractivity contribution in [2.75, 3.05) is 0 Å². The number of aldehydes is 1. The van der Waals surface area contributed by atoms with Gasteiger partial charge in [-0.2, -0.15) is 0 Å². The Kier molecular flexibility index (Phi) is 4.40. The van der Waals surface area contributed by atoms with Crippen molar-refractivity contribution in [2.24, 2.45) is 5.92 Å². The van der Waals surface area contributed by atoms with Crippen molar-refractivity contribution in [2.45, 2.75) is 52.1 Å². The lowest BCUT2D eigenvalue weighted by molar-refractivity contribution is 0.109. The third-order valence-electron chi connectivity index (χ3n) is 3.96. The van der Waals surface area contributed by atoms with E-state index in [0.29, 0.717) is 5.56 Å². The lowest BCUT2D eigenvalue weighted by atomic mass is 9.86. The topological polar surface area (TPSA) is 26.3 Å². The molecule has 0 amide bonds. The predicted octanol–water partition coefficient (Wildman–Crippen LogP) is 4.16. The van der Waals surface area contributed by atoms with E-state index in [1.165, 1.54) is 19.3 Å². The number of aryl methyl sites for hydroxylation is 1. The van der Waals surface area contributed by atoms with Crippen LogP contribution in [0, 0.1) is 12.8 Å². The van der Waals surface area contributed by atoms with Crippen LogP contribution in [0.1, 0.15) is 54.9 Å². The zero-order valence-corrected chi connectivity index (χ0v) is 11.3. The van der Waals surface area contributed by atoms with E-state index in [2.05, 4.69) is 6.92 Å². The molecule has 2 rings (SSSR count). The van der Waals surface area contributed by atoms with Crippen molar-refractivity contribution in [3.63, 3.8) is 0 Å². The second kappa shape index (κ2) is 6.03. The molecule has 1 aliphatic rings. The summed E-state index contributed by atoms with van der Waals surface area (Å²) in [5.74, 6) is 1.61. The van der Waals surface area contributed by atoms with Crippen LogP contribution in [-0.4, -0.2) is 12.4 Å². The summed E-state index contributed by atoms with van der Waals surface area (Å²) in [4.78, 5) is 11.0. The van der Waals surface area contributed by atoms with E-state index in [-0.39, 0.29) is 6.10 Å². The minimum absolute atomic E-state index is 0.286. The predicted molar refractivity (Wildman–Crippen MR) is 73.2 cm³/mol. The van der Waals surface area contributed by atoms with Gasteiger partial charge in [-0.1, -0.05) is 25.0 Å². The van der Waals surface area contributed by atoms with Crippen LogP contribution in [0.3, 0.4) is 0 Å². The molecule has 1 aromatic carbocycles. The number of carbonyl (C=O) groups is 1. The van der Waals surface area contributed by atoms with Crippen LogP contribution >= 0.6 is 0 Å². The summed E-state index contributed by atoms with van der Waals surface area (Å²) in [7, 11) is 0. The fourth-order valence-corrected chi connectivity index (χ4v) is 2.70. The summed E-state index contributed by atoms with van der Waals surface area (Å²) in [6, 6.07) is 5.81. The van der Waals surface area contributed by atoms with Gasteiger partial charge in [0.15, 0.2) is 6.29 Å². The first-order valence-corrected chi connectivity index (χ1v) is 6.95. The van der Waals surface area contributed by atoms with Crippen molar-refractivity contribution < 1.29 is 9.53 Å². The first kappa shape index (κ1) is 13.1. The van der Waals surface area contributed by atoms with E-state index in [0.717, 1.165) is 36.4 Å². The van der Waals surface area contributed by atoms with Gasteiger partial charge in [0.1, 0.15) is 5.75 Å². The highest BCUT2D eigenvalue weighted by molar-refractivity contribution is 5.79.